The molecule has 1 aromatic carbocycles. The number of hydrogen-bond acceptors (Lipinski definition) is 5. The first kappa shape index (κ1) is 18.5. The maximum absolute atomic E-state index is 12.9. The molecule has 0 aliphatic carbocycles. The molecule has 4 rings (SSSR count). The number of carbonyl (C=O) groups is 2. The zero-order valence-corrected chi connectivity index (χ0v) is 16.1. The van der Waals surface area contributed by atoms with E-state index in [1.807, 2.05) is 11.8 Å². The molecular formula is C19H20ClN5O3. The maximum Gasteiger partial charge on any atom is 0.258 e. The third kappa shape index (κ3) is 3.47. The van der Waals surface area contributed by atoms with Crippen LogP contribution >= 0.6 is 11.6 Å². The van der Waals surface area contributed by atoms with Gasteiger partial charge in [0, 0.05) is 30.2 Å². The van der Waals surface area contributed by atoms with Gasteiger partial charge < -0.3 is 15.5 Å². The summed E-state index contributed by atoms with van der Waals surface area (Å²) in [4.78, 5) is 47.0. The highest BCUT2D eigenvalue weighted by atomic mass is 35.5. The number of anilines is 3. The number of amides is 2. The lowest BCUT2D eigenvalue weighted by molar-refractivity contribution is -0.123. The summed E-state index contributed by atoms with van der Waals surface area (Å²) in [6.45, 7) is 3.44. The first-order chi connectivity index (χ1) is 13.4. The first-order valence-electron chi connectivity index (χ1n) is 9.18. The molecule has 3 heterocycles. The number of H-pyrrole nitrogens is 1. The van der Waals surface area contributed by atoms with Gasteiger partial charge in [-0.3, -0.25) is 19.4 Å². The van der Waals surface area contributed by atoms with Crippen LogP contribution in [0.3, 0.4) is 0 Å². The number of aromatic nitrogens is 2. The van der Waals surface area contributed by atoms with Crippen molar-refractivity contribution in [2.24, 2.45) is 0 Å². The highest BCUT2D eigenvalue weighted by molar-refractivity contribution is 6.31. The highest BCUT2D eigenvalue weighted by Gasteiger charge is 2.35. The van der Waals surface area contributed by atoms with Gasteiger partial charge >= 0.3 is 0 Å². The lowest BCUT2D eigenvalue weighted by atomic mass is 9.92. The molecule has 2 aromatic rings. The molecule has 0 radical (unpaired) electrons. The maximum atomic E-state index is 12.9. The average molecular weight is 402 g/mol. The molecule has 3 N–H and O–H groups in total. The molecule has 0 bridgehead atoms. The summed E-state index contributed by atoms with van der Waals surface area (Å²) in [7, 11) is 0. The van der Waals surface area contributed by atoms with Crippen LogP contribution in [0.1, 0.15) is 36.3 Å². The smallest absolute Gasteiger partial charge is 0.258 e. The Balaban J connectivity index is 1.68. The van der Waals surface area contributed by atoms with Crippen LogP contribution in [0.15, 0.2) is 23.0 Å². The second-order valence-corrected chi connectivity index (χ2v) is 7.54. The van der Waals surface area contributed by atoms with Crippen molar-refractivity contribution in [3.05, 3.63) is 44.7 Å². The molecule has 9 heteroatoms. The molecule has 2 amide bonds. The Bertz CT molecular complexity index is 1010. The Hall–Kier alpha value is -2.87. The predicted molar refractivity (Wildman–Crippen MR) is 107 cm³/mol. The van der Waals surface area contributed by atoms with E-state index < -0.39 is 17.4 Å². The minimum Gasteiger partial charge on any atom is -0.342 e. The van der Waals surface area contributed by atoms with Gasteiger partial charge in [-0.25, -0.2) is 0 Å². The summed E-state index contributed by atoms with van der Waals surface area (Å²) >= 11 is 6.01. The summed E-state index contributed by atoms with van der Waals surface area (Å²) in [5.74, 6) is -1.13. The van der Waals surface area contributed by atoms with Crippen LogP contribution in [-0.2, 0) is 9.59 Å². The molecule has 1 saturated heterocycles. The normalized spacial score (nSPS) is 18.6. The number of hydrogen-bond donors (Lipinski definition) is 3. The van der Waals surface area contributed by atoms with Gasteiger partial charge in [0.2, 0.25) is 17.8 Å². The van der Waals surface area contributed by atoms with Crippen molar-refractivity contribution in [1.82, 2.24) is 9.97 Å². The number of aryl methyl sites for hydroxylation is 1. The van der Waals surface area contributed by atoms with E-state index in [1.54, 1.807) is 18.2 Å². The summed E-state index contributed by atoms with van der Waals surface area (Å²) in [6, 6.07) is 5.15. The number of fused-ring (bicyclic) bond motifs is 1. The fourth-order valence-electron chi connectivity index (χ4n) is 3.61. The molecule has 0 saturated carbocycles. The topological polar surface area (TPSA) is 107 Å². The second kappa shape index (κ2) is 7.27. The van der Waals surface area contributed by atoms with Crippen LogP contribution in [0.5, 0.6) is 0 Å². The average Bonchev–Trinajstić information content (AvgIpc) is 3.18. The van der Waals surface area contributed by atoms with Crippen LogP contribution < -0.4 is 21.1 Å². The summed E-state index contributed by atoms with van der Waals surface area (Å²) in [6.07, 6.45) is 1.93. The number of rotatable bonds is 3. The molecule has 2 aliphatic rings. The van der Waals surface area contributed by atoms with Gasteiger partial charge in [-0.1, -0.05) is 17.7 Å². The van der Waals surface area contributed by atoms with Gasteiger partial charge in [0.05, 0.1) is 11.5 Å². The second-order valence-electron chi connectivity index (χ2n) is 7.10. The van der Waals surface area contributed by atoms with Crippen molar-refractivity contribution in [2.75, 3.05) is 28.6 Å². The Labute approximate surface area is 166 Å². The standard InChI is InChI=1S/C19H20ClN5O3/c1-10-4-5-11(20)8-13(10)21-17(27)12-9-14(26)22-16-15(12)18(28)24-19(23-16)25-6-2-3-7-25/h4-5,8,12H,2-3,6-7,9H2,1H3,(H,21,27)(H2,22,23,24,26,28). The molecule has 1 fully saturated rings. The Morgan fingerprint density at radius 1 is 1.29 bits per heavy atom. The molecule has 2 aliphatic heterocycles. The SMILES string of the molecule is Cc1ccc(Cl)cc1NC(=O)C1CC(=O)Nc2nc(N3CCCC3)[nH]c(=O)c21. The fourth-order valence-corrected chi connectivity index (χ4v) is 3.78. The van der Waals surface area contributed by atoms with E-state index in [2.05, 4.69) is 20.6 Å². The Kier molecular flexibility index (Phi) is 4.80. The Morgan fingerprint density at radius 3 is 2.79 bits per heavy atom. The van der Waals surface area contributed by atoms with Gasteiger partial charge in [-0.2, -0.15) is 4.98 Å². The van der Waals surface area contributed by atoms with Crippen LogP contribution in [0, 0.1) is 6.92 Å². The minimum atomic E-state index is -0.925. The molecule has 0 spiro atoms. The quantitative estimate of drug-likeness (QED) is 0.732. The van der Waals surface area contributed by atoms with E-state index in [1.165, 1.54) is 0 Å². The van der Waals surface area contributed by atoms with Crippen molar-refractivity contribution < 1.29 is 9.59 Å². The number of nitrogens with zero attached hydrogens (tertiary/aromatic N) is 2. The summed E-state index contributed by atoms with van der Waals surface area (Å²) < 4.78 is 0. The zero-order chi connectivity index (χ0) is 19.8. The van der Waals surface area contributed by atoms with Gasteiger partial charge in [-0.15, -0.1) is 0 Å². The molecule has 146 valence electrons. The number of nitrogens with one attached hydrogen (secondary N) is 3. The van der Waals surface area contributed by atoms with Crippen molar-refractivity contribution in [1.29, 1.82) is 0 Å². The predicted octanol–water partition coefficient (Wildman–Crippen LogP) is 2.40. The van der Waals surface area contributed by atoms with Crippen LogP contribution in [-0.4, -0.2) is 34.9 Å². The third-order valence-electron chi connectivity index (χ3n) is 5.12. The zero-order valence-electron chi connectivity index (χ0n) is 15.3. The molecular weight excluding hydrogens is 382 g/mol. The monoisotopic (exact) mass is 401 g/mol. The number of carbonyl (C=O) groups excluding carboxylic acids is 2. The van der Waals surface area contributed by atoms with Crippen molar-refractivity contribution in [3.63, 3.8) is 0 Å². The summed E-state index contributed by atoms with van der Waals surface area (Å²) in [5.41, 5.74) is 1.15. The van der Waals surface area contributed by atoms with E-state index in [-0.39, 0.29) is 23.7 Å². The summed E-state index contributed by atoms with van der Waals surface area (Å²) in [5, 5.41) is 5.90. The van der Waals surface area contributed by atoms with Gasteiger partial charge in [-0.05, 0) is 37.5 Å². The van der Waals surface area contributed by atoms with Crippen molar-refractivity contribution >= 4 is 40.9 Å². The Morgan fingerprint density at radius 2 is 2.04 bits per heavy atom. The highest BCUT2D eigenvalue weighted by Crippen LogP contribution is 2.31. The van der Waals surface area contributed by atoms with Crippen LogP contribution in [0.2, 0.25) is 5.02 Å². The van der Waals surface area contributed by atoms with Crippen molar-refractivity contribution in [2.45, 2.75) is 32.1 Å². The minimum absolute atomic E-state index is 0.119. The first-order valence-corrected chi connectivity index (χ1v) is 9.56. The molecule has 1 aromatic heterocycles. The molecule has 1 atom stereocenters. The third-order valence-corrected chi connectivity index (χ3v) is 5.35. The van der Waals surface area contributed by atoms with Gasteiger partial charge in [0.15, 0.2) is 0 Å². The molecule has 28 heavy (non-hydrogen) atoms. The van der Waals surface area contributed by atoms with E-state index in [0.717, 1.165) is 31.5 Å². The van der Waals surface area contributed by atoms with Crippen molar-refractivity contribution in [3.8, 4) is 0 Å². The fraction of sp³-hybridized carbons (Fsp3) is 0.368. The van der Waals surface area contributed by atoms with Crippen LogP contribution in [0.4, 0.5) is 17.5 Å². The van der Waals surface area contributed by atoms with E-state index in [9.17, 15) is 14.4 Å². The number of aromatic amines is 1. The number of halogens is 1. The van der Waals surface area contributed by atoms with E-state index in [0.29, 0.717) is 16.7 Å². The largest absolute Gasteiger partial charge is 0.342 e. The molecule has 1 unspecified atom stereocenters. The van der Waals surface area contributed by atoms with E-state index >= 15 is 0 Å². The van der Waals surface area contributed by atoms with Crippen LogP contribution in [0.25, 0.3) is 0 Å². The lowest BCUT2D eigenvalue weighted by Gasteiger charge is -2.25. The molecule has 8 nitrogen and oxygen atoms in total. The van der Waals surface area contributed by atoms with Gasteiger partial charge in [0.1, 0.15) is 5.82 Å². The van der Waals surface area contributed by atoms with Gasteiger partial charge in [0.25, 0.3) is 5.56 Å². The lowest BCUT2D eigenvalue weighted by Crippen LogP contribution is -2.37. The van der Waals surface area contributed by atoms with E-state index in [4.69, 9.17) is 11.6 Å². The number of benzene rings is 1.